The largest absolute Gasteiger partial charge is 0.396 e. The van der Waals surface area contributed by atoms with Gasteiger partial charge < -0.3 is 15.3 Å². The van der Waals surface area contributed by atoms with Crippen molar-refractivity contribution in [1.82, 2.24) is 0 Å². The first-order chi connectivity index (χ1) is 5.74. The van der Waals surface area contributed by atoms with E-state index in [0.717, 1.165) is 0 Å². The van der Waals surface area contributed by atoms with Crippen molar-refractivity contribution < 1.29 is 20.1 Å². The highest BCUT2D eigenvalue weighted by Gasteiger charge is 2.26. The van der Waals surface area contributed by atoms with E-state index < -0.39 is 5.41 Å². The average Bonchev–Trinajstić information content (AvgIpc) is 2.14. The second kappa shape index (κ2) is 6.11. The van der Waals surface area contributed by atoms with Crippen LogP contribution in [0.4, 0.5) is 0 Å². The summed E-state index contributed by atoms with van der Waals surface area (Å²) in [7, 11) is 0. The van der Waals surface area contributed by atoms with Crippen LogP contribution >= 0.6 is 0 Å². The van der Waals surface area contributed by atoms with E-state index in [2.05, 4.69) is 0 Å². The van der Waals surface area contributed by atoms with Gasteiger partial charge in [0.15, 0.2) is 6.29 Å². The second-order valence-electron chi connectivity index (χ2n) is 2.97. The van der Waals surface area contributed by atoms with E-state index in [9.17, 15) is 4.79 Å². The van der Waals surface area contributed by atoms with E-state index in [1.54, 1.807) is 6.29 Å². The zero-order chi connectivity index (χ0) is 9.45. The summed E-state index contributed by atoms with van der Waals surface area (Å²) < 4.78 is 0. The van der Waals surface area contributed by atoms with Crippen LogP contribution in [0.2, 0.25) is 0 Å². The third-order valence-corrected chi connectivity index (χ3v) is 1.99. The molecule has 0 aromatic carbocycles. The molecule has 0 saturated carbocycles. The van der Waals surface area contributed by atoms with Crippen molar-refractivity contribution in [2.45, 2.75) is 19.3 Å². The average molecular weight is 175 g/mol. The summed E-state index contributed by atoms with van der Waals surface area (Å²) >= 11 is 0. The van der Waals surface area contributed by atoms with Crippen LogP contribution in [0.5, 0.6) is 0 Å². The van der Waals surface area contributed by atoms with Gasteiger partial charge in [-0.3, -0.25) is 4.79 Å². The Morgan fingerprint density at radius 1 is 1.08 bits per heavy atom. The van der Waals surface area contributed by atoms with Crippen LogP contribution in [-0.4, -0.2) is 41.4 Å². The third-order valence-electron chi connectivity index (χ3n) is 1.99. The lowest BCUT2D eigenvalue weighted by Crippen LogP contribution is -2.33. The number of aliphatic hydroxyl groups is 3. The van der Waals surface area contributed by atoms with E-state index in [1.807, 2.05) is 0 Å². The van der Waals surface area contributed by atoms with E-state index in [0.29, 0.717) is 12.8 Å². The monoisotopic (exact) mass is 175 g/mol. The summed E-state index contributed by atoms with van der Waals surface area (Å²) in [5.74, 6) is 0. The smallest absolute Gasteiger partial charge is 0.198 e. The van der Waals surface area contributed by atoms with Gasteiger partial charge in [-0.2, -0.15) is 0 Å². The lowest BCUT2D eigenvalue weighted by molar-refractivity contribution is -0.00153. The fourth-order valence-corrected chi connectivity index (χ4v) is 0.923. The highest BCUT2D eigenvalue weighted by Crippen LogP contribution is 2.22. The molecule has 0 heterocycles. The van der Waals surface area contributed by atoms with E-state index in [4.69, 9.17) is 15.3 Å². The van der Waals surface area contributed by atoms with Gasteiger partial charge in [0.1, 0.15) is 0 Å². The van der Waals surface area contributed by atoms with Crippen molar-refractivity contribution >= 4 is 6.29 Å². The zero-order valence-corrected chi connectivity index (χ0v) is 6.99. The zero-order valence-electron chi connectivity index (χ0n) is 6.99. The van der Waals surface area contributed by atoms with Crippen molar-refractivity contribution in [3.05, 3.63) is 0 Å². The quantitative estimate of drug-likeness (QED) is 0.444. The van der Waals surface area contributed by atoms with Gasteiger partial charge >= 0.3 is 0 Å². The molecular formula is C8H15O4. The van der Waals surface area contributed by atoms with Crippen LogP contribution in [0.25, 0.3) is 0 Å². The lowest BCUT2D eigenvalue weighted by atomic mass is 9.85. The van der Waals surface area contributed by atoms with Gasteiger partial charge in [0.2, 0.25) is 0 Å². The van der Waals surface area contributed by atoms with Crippen molar-refractivity contribution in [3.63, 3.8) is 0 Å². The molecule has 0 aromatic heterocycles. The number of hydrogen-bond acceptors (Lipinski definition) is 4. The SMILES string of the molecule is O=[C]CCCC(CO)(CO)CO. The first kappa shape index (κ1) is 11.6. The standard InChI is InChI=1S/C8H15O4/c9-4-2-1-3-8(5-10,6-11)7-12/h10-12H,1-3,5-7H2. The van der Waals surface area contributed by atoms with Crippen molar-refractivity contribution in [3.8, 4) is 0 Å². The van der Waals surface area contributed by atoms with E-state index in [1.165, 1.54) is 0 Å². The molecule has 0 aliphatic carbocycles. The second-order valence-corrected chi connectivity index (χ2v) is 2.97. The molecule has 0 amide bonds. The van der Waals surface area contributed by atoms with Gasteiger partial charge in [-0.15, -0.1) is 0 Å². The van der Waals surface area contributed by atoms with Crippen molar-refractivity contribution in [1.29, 1.82) is 0 Å². The van der Waals surface area contributed by atoms with Gasteiger partial charge in [-0.05, 0) is 12.8 Å². The Kier molecular flexibility index (Phi) is 5.88. The Hall–Kier alpha value is -0.450. The van der Waals surface area contributed by atoms with E-state index >= 15 is 0 Å². The topological polar surface area (TPSA) is 77.8 Å². The highest BCUT2D eigenvalue weighted by molar-refractivity contribution is 5.50. The summed E-state index contributed by atoms with van der Waals surface area (Å²) in [4.78, 5) is 9.84. The molecule has 0 aromatic rings. The minimum absolute atomic E-state index is 0.265. The maximum Gasteiger partial charge on any atom is 0.198 e. The number of aliphatic hydroxyl groups excluding tert-OH is 3. The molecule has 0 atom stereocenters. The predicted molar refractivity (Wildman–Crippen MR) is 43.2 cm³/mol. The maximum atomic E-state index is 9.84. The number of unbranched alkanes of at least 4 members (excludes halogenated alkanes) is 1. The third kappa shape index (κ3) is 3.30. The molecule has 0 bridgehead atoms. The van der Waals surface area contributed by atoms with Crippen LogP contribution in [0.3, 0.4) is 0 Å². The Bertz CT molecular complexity index is 112. The Balaban J connectivity index is 3.84. The van der Waals surface area contributed by atoms with Gasteiger partial charge in [0.05, 0.1) is 19.8 Å². The molecule has 0 fully saturated rings. The van der Waals surface area contributed by atoms with E-state index in [-0.39, 0.29) is 26.2 Å². The molecule has 71 valence electrons. The van der Waals surface area contributed by atoms with Crippen molar-refractivity contribution in [2.75, 3.05) is 19.8 Å². The number of rotatable bonds is 7. The Morgan fingerprint density at radius 2 is 1.58 bits per heavy atom. The number of hydrogen-bond donors (Lipinski definition) is 3. The highest BCUT2D eigenvalue weighted by atomic mass is 16.3. The maximum absolute atomic E-state index is 9.84. The first-order valence-corrected chi connectivity index (χ1v) is 3.92. The summed E-state index contributed by atoms with van der Waals surface area (Å²) in [5.41, 5.74) is -0.836. The van der Waals surface area contributed by atoms with Crippen molar-refractivity contribution in [2.24, 2.45) is 5.41 Å². The molecule has 1 radical (unpaired) electrons. The fourth-order valence-electron chi connectivity index (χ4n) is 0.923. The summed E-state index contributed by atoms with van der Waals surface area (Å²) in [6, 6.07) is 0. The molecule has 12 heavy (non-hydrogen) atoms. The Labute approximate surface area is 71.8 Å². The van der Waals surface area contributed by atoms with Gasteiger partial charge in [0, 0.05) is 11.8 Å². The predicted octanol–water partition coefficient (Wildman–Crippen LogP) is -0.770. The molecule has 0 aliphatic heterocycles. The minimum Gasteiger partial charge on any atom is -0.396 e. The van der Waals surface area contributed by atoms with Crippen LogP contribution in [0.15, 0.2) is 0 Å². The van der Waals surface area contributed by atoms with Gasteiger partial charge in [0.25, 0.3) is 0 Å². The molecule has 0 saturated heterocycles. The molecule has 3 N–H and O–H groups in total. The molecule has 0 unspecified atom stereocenters. The van der Waals surface area contributed by atoms with Crippen LogP contribution < -0.4 is 0 Å². The van der Waals surface area contributed by atoms with Crippen LogP contribution in [0, 0.1) is 5.41 Å². The molecule has 0 aliphatic rings. The summed E-state index contributed by atoms with van der Waals surface area (Å²) in [6.45, 7) is -0.795. The number of carbonyl (C=O) groups excluding carboxylic acids is 1. The normalized spacial score (nSPS) is 11.6. The first-order valence-electron chi connectivity index (χ1n) is 3.92. The summed E-state index contributed by atoms with van der Waals surface area (Å²) in [6.07, 6.45) is 2.97. The fraction of sp³-hybridized carbons (Fsp3) is 0.875. The molecule has 0 spiro atoms. The molecule has 4 nitrogen and oxygen atoms in total. The lowest BCUT2D eigenvalue weighted by Gasteiger charge is -2.26. The van der Waals surface area contributed by atoms with Gasteiger partial charge in [-0.1, -0.05) is 0 Å². The molecule has 0 rings (SSSR count). The molecular weight excluding hydrogens is 160 g/mol. The van der Waals surface area contributed by atoms with Crippen LogP contribution in [0.1, 0.15) is 19.3 Å². The van der Waals surface area contributed by atoms with Crippen LogP contribution in [-0.2, 0) is 4.79 Å². The summed E-state index contributed by atoms with van der Waals surface area (Å²) in [5, 5.41) is 26.6. The Morgan fingerprint density at radius 3 is 1.92 bits per heavy atom. The molecule has 4 heteroatoms. The van der Waals surface area contributed by atoms with Gasteiger partial charge in [-0.25, -0.2) is 0 Å². The minimum atomic E-state index is -0.836.